The van der Waals surface area contributed by atoms with Crippen LogP contribution in [0, 0.1) is 0 Å². The van der Waals surface area contributed by atoms with Crippen LogP contribution in [-0.2, 0) is 0 Å². The van der Waals surface area contributed by atoms with E-state index in [0.717, 1.165) is 5.56 Å². The summed E-state index contributed by atoms with van der Waals surface area (Å²) in [7, 11) is 0. The van der Waals surface area contributed by atoms with E-state index >= 15 is 0 Å². The van der Waals surface area contributed by atoms with E-state index < -0.39 is 0 Å². The second-order valence-corrected chi connectivity index (χ2v) is 4.88. The molecule has 118 valence electrons. The SMILES string of the molecule is O=C(N/N=C(\N=Cc1ccco1)c1ccccc1)c1ccccc1. The van der Waals surface area contributed by atoms with Gasteiger partial charge in [0.15, 0.2) is 5.84 Å². The number of furan rings is 1. The summed E-state index contributed by atoms with van der Waals surface area (Å²) in [6.45, 7) is 0. The fraction of sp³-hybridized carbons (Fsp3) is 0. The first-order valence-electron chi connectivity index (χ1n) is 7.39. The Labute approximate surface area is 139 Å². The Hall–Kier alpha value is -3.47. The molecule has 0 fully saturated rings. The van der Waals surface area contributed by atoms with Crippen molar-refractivity contribution in [1.29, 1.82) is 0 Å². The zero-order valence-corrected chi connectivity index (χ0v) is 12.8. The maximum absolute atomic E-state index is 12.1. The van der Waals surface area contributed by atoms with Crippen molar-refractivity contribution in [2.24, 2.45) is 10.1 Å². The van der Waals surface area contributed by atoms with Gasteiger partial charge in [-0.15, -0.1) is 0 Å². The van der Waals surface area contributed by atoms with Gasteiger partial charge in [0.25, 0.3) is 5.91 Å². The molecule has 3 aromatic rings. The number of hydrogen-bond acceptors (Lipinski definition) is 3. The standard InChI is InChI=1S/C19H15N3O2/c23-19(16-10-5-2-6-11-16)22-21-18(15-8-3-1-4-9-15)20-14-17-12-7-13-24-17/h1-14H,(H,22,23)/b20-14?,21-18-. The number of carbonyl (C=O) groups is 1. The van der Waals surface area contributed by atoms with Gasteiger partial charge in [-0.05, 0) is 24.3 Å². The van der Waals surface area contributed by atoms with Crippen LogP contribution in [0.3, 0.4) is 0 Å². The maximum Gasteiger partial charge on any atom is 0.271 e. The summed E-state index contributed by atoms with van der Waals surface area (Å²) >= 11 is 0. The molecule has 0 radical (unpaired) electrons. The fourth-order valence-corrected chi connectivity index (χ4v) is 2.00. The Kier molecular flexibility index (Phi) is 4.94. The highest BCUT2D eigenvalue weighted by molar-refractivity contribution is 6.05. The second-order valence-electron chi connectivity index (χ2n) is 4.88. The Balaban J connectivity index is 1.83. The van der Waals surface area contributed by atoms with E-state index in [1.165, 1.54) is 0 Å². The maximum atomic E-state index is 12.1. The van der Waals surface area contributed by atoms with Gasteiger partial charge in [0.05, 0.1) is 12.5 Å². The molecule has 3 rings (SSSR count). The molecule has 0 saturated heterocycles. The van der Waals surface area contributed by atoms with Gasteiger partial charge < -0.3 is 4.42 Å². The van der Waals surface area contributed by atoms with E-state index in [1.807, 2.05) is 36.4 Å². The van der Waals surface area contributed by atoms with Crippen molar-refractivity contribution < 1.29 is 9.21 Å². The minimum absolute atomic E-state index is 0.294. The minimum Gasteiger partial charge on any atom is -0.463 e. The summed E-state index contributed by atoms with van der Waals surface area (Å²) in [6.07, 6.45) is 3.12. The lowest BCUT2D eigenvalue weighted by atomic mass is 10.2. The Morgan fingerprint density at radius 3 is 2.17 bits per heavy atom. The third kappa shape index (κ3) is 4.04. The fourth-order valence-electron chi connectivity index (χ4n) is 2.00. The van der Waals surface area contributed by atoms with Crippen LogP contribution in [0.15, 0.2) is 93.6 Å². The molecule has 0 atom stereocenters. The number of amidine groups is 1. The van der Waals surface area contributed by atoms with E-state index in [0.29, 0.717) is 17.2 Å². The monoisotopic (exact) mass is 317 g/mol. The van der Waals surface area contributed by atoms with Crippen molar-refractivity contribution in [1.82, 2.24) is 5.43 Å². The first-order chi connectivity index (χ1) is 11.8. The quantitative estimate of drug-likeness (QED) is 0.455. The Bertz CT molecular complexity index is 839. The molecule has 1 heterocycles. The molecule has 2 aromatic carbocycles. The number of benzene rings is 2. The van der Waals surface area contributed by atoms with E-state index in [9.17, 15) is 4.79 Å². The lowest BCUT2D eigenvalue weighted by Gasteiger charge is -2.03. The molecule has 0 bridgehead atoms. The van der Waals surface area contributed by atoms with Gasteiger partial charge in [-0.2, -0.15) is 5.10 Å². The largest absolute Gasteiger partial charge is 0.463 e. The molecule has 0 aliphatic rings. The van der Waals surface area contributed by atoms with E-state index in [2.05, 4.69) is 15.5 Å². The third-order valence-corrected chi connectivity index (χ3v) is 3.19. The van der Waals surface area contributed by atoms with Crippen LogP contribution < -0.4 is 5.43 Å². The molecule has 1 amide bonds. The van der Waals surface area contributed by atoms with Crippen LogP contribution in [0.1, 0.15) is 21.7 Å². The first kappa shape index (κ1) is 15.4. The van der Waals surface area contributed by atoms with Crippen LogP contribution in [0.2, 0.25) is 0 Å². The summed E-state index contributed by atoms with van der Waals surface area (Å²) < 4.78 is 5.22. The van der Waals surface area contributed by atoms with Gasteiger partial charge >= 0.3 is 0 Å². The van der Waals surface area contributed by atoms with Crippen molar-refractivity contribution in [2.45, 2.75) is 0 Å². The van der Waals surface area contributed by atoms with Gasteiger partial charge in [0.1, 0.15) is 5.76 Å². The number of nitrogens with zero attached hydrogens (tertiary/aromatic N) is 2. The number of carbonyl (C=O) groups excluding carboxylic acids is 1. The average Bonchev–Trinajstić information content (AvgIpc) is 3.16. The van der Waals surface area contributed by atoms with Crippen molar-refractivity contribution >= 4 is 18.0 Å². The molecule has 1 aromatic heterocycles. The Morgan fingerprint density at radius 2 is 1.54 bits per heavy atom. The highest BCUT2D eigenvalue weighted by Gasteiger charge is 2.05. The number of amides is 1. The second kappa shape index (κ2) is 7.69. The predicted molar refractivity (Wildman–Crippen MR) is 93.2 cm³/mol. The van der Waals surface area contributed by atoms with Crippen molar-refractivity contribution in [3.63, 3.8) is 0 Å². The molecule has 5 heteroatoms. The molecule has 1 N–H and O–H groups in total. The zero-order valence-electron chi connectivity index (χ0n) is 12.8. The molecule has 0 spiro atoms. The highest BCUT2D eigenvalue weighted by Crippen LogP contribution is 2.04. The lowest BCUT2D eigenvalue weighted by Crippen LogP contribution is -2.19. The van der Waals surface area contributed by atoms with Crippen LogP contribution >= 0.6 is 0 Å². The average molecular weight is 317 g/mol. The van der Waals surface area contributed by atoms with E-state index in [1.54, 1.807) is 48.9 Å². The van der Waals surface area contributed by atoms with Gasteiger partial charge in [-0.1, -0.05) is 48.5 Å². The summed E-state index contributed by atoms with van der Waals surface area (Å²) in [5.41, 5.74) is 3.85. The number of hydrogen-bond donors (Lipinski definition) is 1. The van der Waals surface area contributed by atoms with Crippen LogP contribution in [0.25, 0.3) is 0 Å². The number of rotatable bonds is 4. The minimum atomic E-state index is -0.294. The number of aliphatic imine (C=N–C) groups is 1. The number of hydrazone groups is 1. The molecular formula is C19H15N3O2. The predicted octanol–water partition coefficient (Wildman–Crippen LogP) is 3.49. The smallest absolute Gasteiger partial charge is 0.271 e. The Morgan fingerprint density at radius 1 is 0.875 bits per heavy atom. The van der Waals surface area contributed by atoms with Gasteiger partial charge in [0, 0.05) is 11.1 Å². The molecule has 0 aliphatic heterocycles. The summed E-state index contributed by atoms with van der Waals surface area (Å²) in [5.74, 6) is 0.696. The van der Waals surface area contributed by atoms with Gasteiger partial charge in [-0.3, -0.25) is 4.79 Å². The zero-order chi connectivity index (χ0) is 16.6. The summed E-state index contributed by atoms with van der Waals surface area (Å²) in [6, 6.07) is 21.9. The van der Waals surface area contributed by atoms with Crippen LogP contribution in [0.5, 0.6) is 0 Å². The summed E-state index contributed by atoms with van der Waals surface area (Å²) in [4.78, 5) is 16.4. The van der Waals surface area contributed by atoms with E-state index in [4.69, 9.17) is 4.42 Å². The van der Waals surface area contributed by atoms with Crippen molar-refractivity contribution in [3.05, 3.63) is 95.9 Å². The highest BCUT2D eigenvalue weighted by atomic mass is 16.3. The van der Waals surface area contributed by atoms with Crippen LogP contribution in [-0.4, -0.2) is 18.0 Å². The molecule has 0 aliphatic carbocycles. The van der Waals surface area contributed by atoms with E-state index in [-0.39, 0.29) is 5.91 Å². The normalized spacial score (nSPS) is 11.6. The molecule has 5 nitrogen and oxygen atoms in total. The van der Waals surface area contributed by atoms with Gasteiger partial charge in [0.2, 0.25) is 0 Å². The lowest BCUT2D eigenvalue weighted by molar-refractivity contribution is 0.0955. The molecule has 0 saturated carbocycles. The van der Waals surface area contributed by atoms with Crippen molar-refractivity contribution in [3.8, 4) is 0 Å². The molecule has 24 heavy (non-hydrogen) atoms. The summed E-state index contributed by atoms with van der Waals surface area (Å²) in [5, 5.41) is 4.15. The molecule has 0 unspecified atom stereocenters. The number of nitrogens with one attached hydrogen (secondary N) is 1. The van der Waals surface area contributed by atoms with Gasteiger partial charge in [-0.25, -0.2) is 10.4 Å². The topological polar surface area (TPSA) is 67.0 Å². The molecular weight excluding hydrogens is 302 g/mol. The third-order valence-electron chi connectivity index (χ3n) is 3.19. The van der Waals surface area contributed by atoms with Crippen LogP contribution in [0.4, 0.5) is 0 Å². The van der Waals surface area contributed by atoms with Crippen molar-refractivity contribution in [2.75, 3.05) is 0 Å². The first-order valence-corrected chi connectivity index (χ1v) is 7.39.